The minimum Gasteiger partial charge on any atom is -0.490 e. The number of nitrogens with zero attached hydrogens (tertiary/aromatic N) is 1. The van der Waals surface area contributed by atoms with Gasteiger partial charge in [-0.1, -0.05) is 26.0 Å². The topological polar surface area (TPSA) is 24.5 Å². The van der Waals surface area contributed by atoms with Crippen molar-refractivity contribution >= 4 is 0 Å². The summed E-state index contributed by atoms with van der Waals surface area (Å²) in [6, 6.07) is 5.50. The number of rotatable bonds is 8. The van der Waals surface area contributed by atoms with Crippen LogP contribution in [0.15, 0.2) is 18.2 Å². The number of likely N-dealkylation sites (tertiary alicyclic amines) is 1. The fraction of sp³-hybridized carbons (Fsp3) is 0.647. The second-order valence-electron chi connectivity index (χ2n) is 6.01. The van der Waals surface area contributed by atoms with Crippen LogP contribution in [0.4, 0.5) is 4.39 Å². The minimum absolute atomic E-state index is 0.265. The zero-order valence-electron chi connectivity index (χ0n) is 13.2. The zero-order chi connectivity index (χ0) is 15.1. The Kier molecular flexibility index (Phi) is 6.46. The molecule has 1 N–H and O–H groups in total. The van der Waals surface area contributed by atoms with E-state index >= 15 is 0 Å². The standard InChI is InChI=1S/C17H27FN2O/c1-14(2)19-13-15-7-5-8-16(18)17(15)21-12-6-11-20-9-3-4-10-20/h5,7-8,14,19H,3-4,6,9-13H2,1-2H3. The molecule has 1 heterocycles. The van der Waals surface area contributed by atoms with Crippen molar-refractivity contribution in [2.24, 2.45) is 0 Å². The van der Waals surface area contributed by atoms with E-state index in [0.717, 1.165) is 18.5 Å². The van der Waals surface area contributed by atoms with Gasteiger partial charge in [0.1, 0.15) is 0 Å². The van der Waals surface area contributed by atoms with Crippen LogP contribution in [0.5, 0.6) is 5.75 Å². The number of hydrogen-bond donors (Lipinski definition) is 1. The van der Waals surface area contributed by atoms with Gasteiger partial charge in [0.15, 0.2) is 11.6 Å². The monoisotopic (exact) mass is 294 g/mol. The van der Waals surface area contributed by atoms with Gasteiger partial charge in [-0.2, -0.15) is 0 Å². The van der Waals surface area contributed by atoms with Crippen molar-refractivity contribution in [2.75, 3.05) is 26.2 Å². The number of halogens is 1. The van der Waals surface area contributed by atoms with Gasteiger partial charge in [-0.25, -0.2) is 4.39 Å². The highest BCUT2D eigenvalue weighted by molar-refractivity contribution is 5.34. The van der Waals surface area contributed by atoms with Crippen molar-refractivity contribution in [3.63, 3.8) is 0 Å². The molecule has 1 aromatic carbocycles. The summed E-state index contributed by atoms with van der Waals surface area (Å²) < 4.78 is 19.7. The third kappa shape index (κ3) is 5.29. The highest BCUT2D eigenvalue weighted by Crippen LogP contribution is 2.23. The fourth-order valence-electron chi connectivity index (χ4n) is 2.64. The number of ether oxygens (including phenoxy) is 1. The normalized spacial score (nSPS) is 15.8. The fourth-order valence-corrected chi connectivity index (χ4v) is 2.64. The average Bonchev–Trinajstić information content (AvgIpc) is 2.96. The predicted molar refractivity (Wildman–Crippen MR) is 84.2 cm³/mol. The van der Waals surface area contributed by atoms with E-state index < -0.39 is 0 Å². The van der Waals surface area contributed by atoms with Crippen LogP contribution in [0.2, 0.25) is 0 Å². The van der Waals surface area contributed by atoms with Crippen LogP contribution in [-0.4, -0.2) is 37.2 Å². The Hall–Kier alpha value is -1.13. The highest BCUT2D eigenvalue weighted by atomic mass is 19.1. The second-order valence-corrected chi connectivity index (χ2v) is 6.01. The van der Waals surface area contributed by atoms with E-state index in [1.54, 1.807) is 6.07 Å². The molecule has 0 amide bonds. The lowest BCUT2D eigenvalue weighted by Crippen LogP contribution is -2.23. The lowest BCUT2D eigenvalue weighted by Gasteiger charge is -2.16. The SMILES string of the molecule is CC(C)NCc1cccc(F)c1OCCCN1CCCC1. The molecule has 2 rings (SSSR count). The van der Waals surface area contributed by atoms with Crippen molar-refractivity contribution in [3.05, 3.63) is 29.6 Å². The Morgan fingerprint density at radius 2 is 2.05 bits per heavy atom. The van der Waals surface area contributed by atoms with Gasteiger partial charge in [0.2, 0.25) is 0 Å². The first-order valence-corrected chi connectivity index (χ1v) is 8.02. The van der Waals surface area contributed by atoms with Crippen LogP contribution in [0.3, 0.4) is 0 Å². The molecule has 1 saturated heterocycles. The maximum atomic E-state index is 13.9. The van der Waals surface area contributed by atoms with Crippen LogP contribution >= 0.6 is 0 Å². The van der Waals surface area contributed by atoms with E-state index in [2.05, 4.69) is 24.1 Å². The van der Waals surface area contributed by atoms with Gasteiger partial charge in [0, 0.05) is 24.7 Å². The maximum Gasteiger partial charge on any atom is 0.165 e. The number of hydrogen-bond acceptors (Lipinski definition) is 3. The van der Waals surface area contributed by atoms with E-state index in [-0.39, 0.29) is 5.82 Å². The summed E-state index contributed by atoms with van der Waals surface area (Å²) in [6.45, 7) is 8.81. The molecule has 1 aliphatic heterocycles. The first-order chi connectivity index (χ1) is 10.2. The first kappa shape index (κ1) is 16.2. The Morgan fingerprint density at radius 1 is 1.29 bits per heavy atom. The van der Waals surface area contributed by atoms with E-state index in [1.807, 2.05) is 6.07 Å². The van der Waals surface area contributed by atoms with Crippen LogP contribution in [0, 0.1) is 5.82 Å². The Bertz CT molecular complexity index is 431. The zero-order valence-corrected chi connectivity index (χ0v) is 13.2. The molecule has 21 heavy (non-hydrogen) atoms. The molecule has 0 unspecified atom stereocenters. The molecule has 0 aliphatic carbocycles. The third-order valence-corrected chi connectivity index (χ3v) is 3.81. The summed E-state index contributed by atoms with van der Waals surface area (Å²) in [7, 11) is 0. The molecular weight excluding hydrogens is 267 g/mol. The van der Waals surface area contributed by atoms with E-state index in [4.69, 9.17) is 4.74 Å². The molecule has 1 fully saturated rings. The molecule has 1 aromatic rings. The molecule has 0 aromatic heterocycles. The summed E-state index contributed by atoms with van der Waals surface area (Å²) in [5.74, 6) is 0.145. The van der Waals surface area contributed by atoms with Crippen molar-refractivity contribution in [1.29, 1.82) is 0 Å². The van der Waals surface area contributed by atoms with Gasteiger partial charge in [0.25, 0.3) is 0 Å². The third-order valence-electron chi connectivity index (χ3n) is 3.81. The quantitative estimate of drug-likeness (QED) is 0.745. The molecule has 4 heteroatoms. The van der Waals surface area contributed by atoms with Gasteiger partial charge in [0.05, 0.1) is 6.61 Å². The number of benzene rings is 1. The Balaban J connectivity index is 1.82. The van der Waals surface area contributed by atoms with E-state index in [9.17, 15) is 4.39 Å². The van der Waals surface area contributed by atoms with Crippen LogP contribution in [0.25, 0.3) is 0 Å². The minimum atomic E-state index is -0.265. The summed E-state index contributed by atoms with van der Waals surface area (Å²) in [5.41, 5.74) is 0.893. The average molecular weight is 294 g/mol. The van der Waals surface area contributed by atoms with Crippen molar-refractivity contribution in [2.45, 2.75) is 45.7 Å². The van der Waals surface area contributed by atoms with Crippen molar-refractivity contribution in [3.8, 4) is 5.75 Å². The van der Waals surface area contributed by atoms with Gasteiger partial charge < -0.3 is 15.0 Å². The van der Waals surface area contributed by atoms with Crippen LogP contribution in [-0.2, 0) is 6.54 Å². The van der Waals surface area contributed by atoms with Gasteiger partial charge >= 0.3 is 0 Å². The van der Waals surface area contributed by atoms with Gasteiger partial charge in [-0.05, 0) is 38.4 Å². The lowest BCUT2D eigenvalue weighted by molar-refractivity contribution is 0.253. The molecule has 3 nitrogen and oxygen atoms in total. The lowest BCUT2D eigenvalue weighted by atomic mass is 10.2. The summed E-state index contributed by atoms with van der Waals surface area (Å²) in [4.78, 5) is 2.45. The first-order valence-electron chi connectivity index (χ1n) is 8.02. The van der Waals surface area contributed by atoms with Crippen LogP contribution in [0.1, 0.15) is 38.7 Å². The number of para-hydroxylation sites is 1. The van der Waals surface area contributed by atoms with Gasteiger partial charge in [-0.15, -0.1) is 0 Å². The summed E-state index contributed by atoms with van der Waals surface area (Å²) in [5, 5.41) is 3.31. The van der Waals surface area contributed by atoms with Crippen LogP contribution < -0.4 is 10.1 Å². The van der Waals surface area contributed by atoms with Crippen molar-refractivity contribution in [1.82, 2.24) is 10.2 Å². The molecule has 0 atom stereocenters. The highest BCUT2D eigenvalue weighted by Gasteiger charge is 2.12. The Labute approximate surface area is 127 Å². The Morgan fingerprint density at radius 3 is 2.76 bits per heavy atom. The molecule has 0 radical (unpaired) electrons. The molecule has 1 aliphatic rings. The molecule has 118 valence electrons. The van der Waals surface area contributed by atoms with Crippen molar-refractivity contribution < 1.29 is 9.13 Å². The molecular formula is C17H27FN2O. The van der Waals surface area contributed by atoms with Gasteiger partial charge in [-0.3, -0.25) is 0 Å². The summed E-state index contributed by atoms with van der Waals surface area (Å²) >= 11 is 0. The molecule has 0 saturated carbocycles. The smallest absolute Gasteiger partial charge is 0.165 e. The second kappa shape index (κ2) is 8.35. The summed E-state index contributed by atoms with van der Waals surface area (Å²) in [6.07, 6.45) is 3.56. The molecule has 0 spiro atoms. The van der Waals surface area contributed by atoms with E-state index in [1.165, 1.54) is 32.0 Å². The maximum absolute atomic E-state index is 13.9. The van der Waals surface area contributed by atoms with E-state index in [0.29, 0.717) is 24.9 Å². The number of nitrogens with one attached hydrogen (secondary N) is 1. The largest absolute Gasteiger partial charge is 0.490 e. The predicted octanol–water partition coefficient (Wildman–Crippen LogP) is 3.19. The molecule has 0 bridgehead atoms.